The lowest BCUT2D eigenvalue weighted by Crippen LogP contribution is -2.34. The summed E-state index contributed by atoms with van der Waals surface area (Å²) in [6, 6.07) is 12.0. The van der Waals surface area contributed by atoms with Gasteiger partial charge in [-0.25, -0.2) is 0 Å². The first-order valence-electron chi connectivity index (χ1n) is 8.21. The van der Waals surface area contributed by atoms with Gasteiger partial charge in [0.2, 0.25) is 5.91 Å². The topological polar surface area (TPSA) is 58.4 Å². The van der Waals surface area contributed by atoms with E-state index in [1.807, 2.05) is 48.3 Å². The van der Waals surface area contributed by atoms with Crippen molar-refractivity contribution in [3.8, 4) is 11.3 Å². The fourth-order valence-electron chi connectivity index (χ4n) is 2.95. The van der Waals surface area contributed by atoms with Gasteiger partial charge in [-0.15, -0.1) is 12.4 Å². The Hall–Kier alpha value is -1.85. The molecule has 0 spiro atoms. The van der Waals surface area contributed by atoms with E-state index in [0.29, 0.717) is 0 Å². The van der Waals surface area contributed by atoms with Gasteiger partial charge in [0.1, 0.15) is 11.5 Å². The molecule has 1 N–H and O–H groups in total. The number of nitrogens with one attached hydrogen (secondary N) is 1. The van der Waals surface area contributed by atoms with Crippen LogP contribution < -0.4 is 5.32 Å². The summed E-state index contributed by atoms with van der Waals surface area (Å²) < 4.78 is 5.40. The molecule has 130 valence electrons. The standard InChI is InChI=1S/C18H23N3O2.ClH/c1-21(18(22)15-9-10-19-13-15)11-5-8-16-12-17(20-23-16)14-6-3-2-4-7-14;/h2-4,6-7,12,15,19H,5,8-11,13H2,1H3;1H. The largest absolute Gasteiger partial charge is 0.361 e. The number of halogens is 1. The van der Waals surface area contributed by atoms with Gasteiger partial charge in [-0.3, -0.25) is 4.79 Å². The van der Waals surface area contributed by atoms with Gasteiger partial charge in [0.05, 0.1) is 5.92 Å². The number of nitrogens with zero attached hydrogens (tertiary/aromatic N) is 2. The predicted octanol–water partition coefficient (Wildman–Crippen LogP) is 2.76. The average Bonchev–Trinajstić information content (AvgIpc) is 3.27. The van der Waals surface area contributed by atoms with E-state index in [1.165, 1.54) is 0 Å². The number of hydrogen-bond acceptors (Lipinski definition) is 4. The maximum absolute atomic E-state index is 12.2. The second-order valence-electron chi connectivity index (χ2n) is 6.10. The van der Waals surface area contributed by atoms with Gasteiger partial charge in [0.15, 0.2) is 0 Å². The van der Waals surface area contributed by atoms with Crippen LogP contribution in [0.2, 0.25) is 0 Å². The summed E-state index contributed by atoms with van der Waals surface area (Å²) in [5, 5.41) is 7.36. The number of rotatable bonds is 6. The van der Waals surface area contributed by atoms with Crippen molar-refractivity contribution in [1.82, 2.24) is 15.4 Å². The Balaban J connectivity index is 0.00000208. The van der Waals surface area contributed by atoms with Crippen LogP contribution in [-0.4, -0.2) is 42.6 Å². The summed E-state index contributed by atoms with van der Waals surface area (Å²) in [5.41, 5.74) is 1.92. The molecule has 1 aromatic heterocycles. The Kier molecular flexibility index (Phi) is 6.82. The normalized spacial score (nSPS) is 16.6. The van der Waals surface area contributed by atoms with Crippen LogP contribution in [-0.2, 0) is 11.2 Å². The second kappa shape index (κ2) is 8.85. The Morgan fingerprint density at radius 2 is 2.17 bits per heavy atom. The summed E-state index contributed by atoms with van der Waals surface area (Å²) in [6.07, 6.45) is 2.62. The zero-order chi connectivity index (χ0) is 16.1. The molecule has 1 aliphatic heterocycles. The van der Waals surface area contributed by atoms with Crippen LogP contribution in [0.3, 0.4) is 0 Å². The zero-order valence-electron chi connectivity index (χ0n) is 13.9. The van der Waals surface area contributed by atoms with E-state index in [1.54, 1.807) is 0 Å². The molecule has 1 amide bonds. The first kappa shape index (κ1) is 18.5. The molecular weight excluding hydrogens is 326 g/mol. The van der Waals surface area contributed by atoms with Crippen LogP contribution in [0.4, 0.5) is 0 Å². The number of benzene rings is 1. The van der Waals surface area contributed by atoms with Crippen molar-refractivity contribution in [1.29, 1.82) is 0 Å². The first-order chi connectivity index (χ1) is 11.2. The van der Waals surface area contributed by atoms with E-state index in [-0.39, 0.29) is 24.2 Å². The van der Waals surface area contributed by atoms with Gasteiger partial charge in [-0.2, -0.15) is 0 Å². The molecule has 1 fully saturated rings. The molecule has 1 atom stereocenters. The third-order valence-corrected chi connectivity index (χ3v) is 4.33. The van der Waals surface area contributed by atoms with Crippen molar-refractivity contribution in [3.05, 3.63) is 42.2 Å². The summed E-state index contributed by atoms with van der Waals surface area (Å²) in [5.74, 6) is 1.26. The van der Waals surface area contributed by atoms with Crippen LogP contribution in [0, 0.1) is 5.92 Å². The molecule has 1 aliphatic rings. The van der Waals surface area contributed by atoms with Crippen molar-refractivity contribution in [2.75, 3.05) is 26.7 Å². The van der Waals surface area contributed by atoms with Gasteiger partial charge < -0.3 is 14.7 Å². The van der Waals surface area contributed by atoms with Gasteiger partial charge >= 0.3 is 0 Å². The third-order valence-electron chi connectivity index (χ3n) is 4.33. The van der Waals surface area contributed by atoms with Gasteiger partial charge in [-0.05, 0) is 19.4 Å². The number of amides is 1. The summed E-state index contributed by atoms with van der Waals surface area (Å²) in [6.45, 7) is 2.51. The number of carbonyl (C=O) groups is 1. The molecule has 0 saturated carbocycles. The molecule has 2 heterocycles. The minimum Gasteiger partial charge on any atom is -0.361 e. The molecular formula is C18H24ClN3O2. The Morgan fingerprint density at radius 3 is 2.88 bits per heavy atom. The monoisotopic (exact) mass is 349 g/mol. The van der Waals surface area contributed by atoms with Crippen molar-refractivity contribution >= 4 is 18.3 Å². The van der Waals surface area contributed by atoms with E-state index < -0.39 is 0 Å². The molecule has 2 aromatic rings. The Labute approximate surface area is 148 Å². The SMILES string of the molecule is CN(CCCc1cc(-c2ccccc2)no1)C(=O)C1CCNC1.Cl. The lowest BCUT2D eigenvalue weighted by atomic mass is 10.1. The molecule has 0 aliphatic carbocycles. The van der Waals surface area contributed by atoms with Crippen LogP contribution in [0.5, 0.6) is 0 Å². The molecule has 5 nitrogen and oxygen atoms in total. The summed E-state index contributed by atoms with van der Waals surface area (Å²) >= 11 is 0. The van der Waals surface area contributed by atoms with Crippen molar-refractivity contribution in [2.24, 2.45) is 5.92 Å². The van der Waals surface area contributed by atoms with Gasteiger partial charge in [0.25, 0.3) is 0 Å². The third kappa shape index (κ3) is 4.58. The fourth-order valence-corrected chi connectivity index (χ4v) is 2.95. The maximum Gasteiger partial charge on any atom is 0.226 e. The second-order valence-corrected chi connectivity index (χ2v) is 6.10. The Bertz CT molecular complexity index is 639. The number of carbonyl (C=O) groups excluding carboxylic acids is 1. The lowest BCUT2D eigenvalue weighted by molar-refractivity contribution is -0.133. The minimum atomic E-state index is 0. The minimum absolute atomic E-state index is 0. The maximum atomic E-state index is 12.2. The molecule has 1 saturated heterocycles. The highest BCUT2D eigenvalue weighted by atomic mass is 35.5. The van der Waals surface area contributed by atoms with Crippen LogP contribution >= 0.6 is 12.4 Å². The number of aromatic nitrogens is 1. The fraction of sp³-hybridized carbons (Fsp3) is 0.444. The van der Waals surface area contributed by atoms with Crippen LogP contribution in [0.25, 0.3) is 11.3 Å². The molecule has 24 heavy (non-hydrogen) atoms. The van der Waals surface area contributed by atoms with Gasteiger partial charge in [-0.1, -0.05) is 35.5 Å². The average molecular weight is 350 g/mol. The van der Waals surface area contributed by atoms with Crippen LogP contribution in [0.15, 0.2) is 40.9 Å². The molecule has 3 rings (SSSR count). The summed E-state index contributed by atoms with van der Waals surface area (Å²) in [7, 11) is 1.89. The summed E-state index contributed by atoms with van der Waals surface area (Å²) in [4.78, 5) is 14.1. The Morgan fingerprint density at radius 1 is 1.38 bits per heavy atom. The van der Waals surface area contributed by atoms with Crippen molar-refractivity contribution in [3.63, 3.8) is 0 Å². The van der Waals surface area contributed by atoms with E-state index in [9.17, 15) is 4.79 Å². The number of aryl methyl sites for hydroxylation is 1. The number of hydrogen-bond donors (Lipinski definition) is 1. The van der Waals surface area contributed by atoms with E-state index in [4.69, 9.17) is 4.52 Å². The van der Waals surface area contributed by atoms with Crippen molar-refractivity contribution < 1.29 is 9.32 Å². The predicted molar refractivity (Wildman–Crippen MR) is 96.1 cm³/mol. The van der Waals surface area contributed by atoms with E-state index >= 15 is 0 Å². The highest BCUT2D eigenvalue weighted by Gasteiger charge is 2.24. The molecule has 6 heteroatoms. The van der Waals surface area contributed by atoms with E-state index in [0.717, 1.165) is 55.9 Å². The van der Waals surface area contributed by atoms with Crippen molar-refractivity contribution in [2.45, 2.75) is 19.3 Å². The smallest absolute Gasteiger partial charge is 0.226 e. The lowest BCUT2D eigenvalue weighted by Gasteiger charge is -2.20. The molecule has 0 bridgehead atoms. The van der Waals surface area contributed by atoms with E-state index in [2.05, 4.69) is 10.5 Å². The molecule has 1 unspecified atom stereocenters. The molecule has 1 aromatic carbocycles. The van der Waals surface area contributed by atoms with Crippen LogP contribution in [0.1, 0.15) is 18.6 Å². The highest BCUT2D eigenvalue weighted by Crippen LogP contribution is 2.19. The molecule has 0 radical (unpaired) electrons. The quantitative estimate of drug-likeness (QED) is 0.871. The van der Waals surface area contributed by atoms with Gasteiger partial charge in [0, 0.05) is 38.2 Å². The first-order valence-corrected chi connectivity index (χ1v) is 8.21. The zero-order valence-corrected chi connectivity index (χ0v) is 14.7. The highest BCUT2D eigenvalue weighted by molar-refractivity contribution is 5.85.